The van der Waals surface area contributed by atoms with Crippen molar-refractivity contribution in [2.45, 2.75) is 85.4 Å². The van der Waals surface area contributed by atoms with E-state index >= 15 is 0 Å². The number of urea groups is 1. The van der Waals surface area contributed by atoms with E-state index in [1.807, 2.05) is 20.8 Å². The van der Waals surface area contributed by atoms with E-state index in [0.717, 1.165) is 5.56 Å². The highest BCUT2D eigenvalue weighted by molar-refractivity contribution is 5.99. The van der Waals surface area contributed by atoms with Crippen LogP contribution in [0.4, 0.5) is 10.5 Å². The topological polar surface area (TPSA) is 177 Å². The maximum Gasteiger partial charge on any atom is 0.312 e. The summed E-state index contributed by atoms with van der Waals surface area (Å²) >= 11 is 0. The molecular weight excluding hydrogens is 542 g/mol. The Bertz CT molecular complexity index is 1150. The van der Waals surface area contributed by atoms with E-state index in [2.05, 4.69) is 16.0 Å². The Morgan fingerprint density at radius 3 is 2.29 bits per heavy atom. The minimum Gasteiger partial charge on any atom is -0.461 e. The van der Waals surface area contributed by atoms with Crippen LogP contribution in [0, 0.1) is 17.8 Å². The maximum absolute atomic E-state index is 13.6. The van der Waals surface area contributed by atoms with Crippen LogP contribution in [-0.2, 0) is 35.3 Å². The number of carbonyl (C=O) groups excluding carboxylic acids is 6. The number of Topliss-reactive ketones (excluding diaryl/α,β-unsaturated/α-hetero) is 1. The van der Waals surface area contributed by atoms with E-state index in [1.54, 1.807) is 43.0 Å². The van der Waals surface area contributed by atoms with Gasteiger partial charge in [0, 0.05) is 44.5 Å². The predicted octanol–water partition coefficient (Wildman–Crippen LogP) is 2.50. The van der Waals surface area contributed by atoms with Gasteiger partial charge in [-0.3, -0.25) is 24.0 Å². The van der Waals surface area contributed by atoms with E-state index in [0.29, 0.717) is 25.1 Å². The molecular formula is C30H45N5O7. The molecule has 0 saturated carbocycles. The van der Waals surface area contributed by atoms with Gasteiger partial charge in [-0.25, -0.2) is 4.79 Å². The number of hydrogen-bond acceptors (Lipinski definition) is 7. The molecule has 1 aliphatic heterocycles. The van der Waals surface area contributed by atoms with Crippen LogP contribution in [0.5, 0.6) is 0 Å². The third kappa shape index (κ3) is 10.1. The normalized spacial score (nSPS) is 16.5. The Balaban J connectivity index is 2.14. The van der Waals surface area contributed by atoms with Crippen molar-refractivity contribution in [1.29, 1.82) is 0 Å². The summed E-state index contributed by atoms with van der Waals surface area (Å²) < 4.78 is 4.98. The molecule has 3 atom stereocenters. The summed E-state index contributed by atoms with van der Waals surface area (Å²) in [7, 11) is 0. The molecule has 5 N–H and O–H groups in total. The van der Waals surface area contributed by atoms with Gasteiger partial charge >= 0.3 is 12.0 Å². The number of carbonyl (C=O) groups is 6. The maximum atomic E-state index is 13.6. The average Bonchev–Trinajstić information content (AvgIpc) is 3.26. The van der Waals surface area contributed by atoms with Gasteiger partial charge in [-0.2, -0.15) is 0 Å². The van der Waals surface area contributed by atoms with Crippen molar-refractivity contribution in [3.8, 4) is 0 Å². The lowest BCUT2D eigenvalue weighted by Gasteiger charge is -2.36. The zero-order chi connectivity index (χ0) is 31.6. The van der Waals surface area contributed by atoms with Gasteiger partial charge in [-0.15, -0.1) is 0 Å². The zero-order valence-electron chi connectivity index (χ0n) is 25.5. The molecule has 12 nitrogen and oxygen atoms in total. The number of amides is 5. The first kappa shape index (κ1) is 34.2. The van der Waals surface area contributed by atoms with Gasteiger partial charge in [-0.05, 0) is 56.2 Å². The number of rotatable bonds is 15. The first-order valence-electron chi connectivity index (χ1n) is 14.3. The molecule has 1 aromatic rings. The van der Waals surface area contributed by atoms with Gasteiger partial charge in [0.15, 0.2) is 5.78 Å². The van der Waals surface area contributed by atoms with Crippen molar-refractivity contribution in [2.75, 3.05) is 18.4 Å². The molecule has 0 spiro atoms. The number of ketones is 1. The Kier molecular flexibility index (Phi) is 12.5. The minimum atomic E-state index is -1.14. The van der Waals surface area contributed by atoms with Crippen LogP contribution >= 0.6 is 0 Å². The number of likely N-dealkylation sites (tertiary alicyclic amines) is 1. The SMILES string of the molecule is CC(=O)OCc1ccc(NC(=O)[C@H](CCCNC(N)=O)CC(=O)[C@@H](NC(=O)C(C)(C)N2CC(C)CC2=O)C(C)C)cc1. The molecule has 2 rings (SSSR count). The molecule has 0 radical (unpaired) electrons. The van der Waals surface area contributed by atoms with Crippen LogP contribution < -0.4 is 21.7 Å². The number of nitrogens with one attached hydrogen (secondary N) is 3. The van der Waals surface area contributed by atoms with Crippen molar-refractivity contribution in [3.63, 3.8) is 0 Å². The summed E-state index contributed by atoms with van der Waals surface area (Å²) in [5.74, 6) is -2.51. The second-order valence-corrected chi connectivity index (χ2v) is 11.8. The van der Waals surface area contributed by atoms with Gasteiger partial charge in [0.2, 0.25) is 17.7 Å². The highest BCUT2D eigenvalue weighted by Gasteiger charge is 2.43. The van der Waals surface area contributed by atoms with Crippen molar-refractivity contribution >= 4 is 41.2 Å². The molecule has 0 aromatic heterocycles. The van der Waals surface area contributed by atoms with Gasteiger partial charge in [0.1, 0.15) is 12.1 Å². The van der Waals surface area contributed by atoms with E-state index in [4.69, 9.17) is 10.5 Å². The van der Waals surface area contributed by atoms with E-state index in [9.17, 15) is 28.8 Å². The van der Waals surface area contributed by atoms with Gasteiger partial charge in [-0.1, -0.05) is 32.9 Å². The number of primary amides is 1. The monoisotopic (exact) mass is 587 g/mol. The summed E-state index contributed by atoms with van der Waals surface area (Å²) in [5.41, 5.74) is 5.24. The van der Waals surface area contributed by atoms with Crippen LogP contribution in [0.25, 0.3) is 0 Å². The molecule has 1 fully saturated rings. The zero-order valence-corrected chi connectivity index (χ0v) is 25.5. The fraction of sp³-hybridized carbons (Fsp3) is 0.600. The molecule has 1 aromatic carbocycles. The fourth-order valence-corrected chi connectivity index (χ4v) is 4.85. The molecule has 0 bridgehead atoms. The van der Waals surface area contributed by atoms with Crippen LogP contribution in [0.15, 0.2) is 24.3 Å². The number of nitrogens with two attached hydrogens (primary N) is 1. The number of anilines is 1. The fourth-order valence-electron chi connectivity index (χ4n) is 4.85. The predicted molar refractivity (Wildman–Crippen MR) is 157 cm³/mol. The van der Waals surface area contributed by atoms with Crippen LogP contribution in [0.1, 0.15) is 72.8 Å². The number of esters is 1. The third-order valence-electron chi connectivity index (χ3n) is 7.36. The first-order valence-corrected chi connectivity index (χ1v) is 14.3. The van der Waals surface area contributed by atoms with Crippen LogP contribution in [-0.4, -0.2) is 65.1 Å². The van der Waals surface area contributed by atoms with E-state index in [1.165, 1.54) is 6.92 Å². The third-order valence-corrected chi connectivity index (χ3v) is 7.36. The molecule has 1 unspecified atom stereocenters. The van der Waals surface area contributed by atoms with Crippen molar-refractivity contribution in [1.82, 2.24) is 15.5 Å². The first-order chi connectivity index (χ1) is 19.6. The number of ether oxygens (including phenoxy) is 1. The second kappa shape index (κ2) is 15.3. The molecule has 1 heterocycles. The summed E-state index contributed by atoms with van der Waals surface area (Å²) in [5, 5.41) is 8.16. The molecule has 12 heteroatoms. The minimum absolute atomic E-state index is 0.101. The number of hydrogen-bond donors (Lipinski definition) is 4. The summed E-state index contributed by atoms with van der Waals surface area (Å²) in [6.07, 6.45) is 0.916. The standard InChI is InChI=1S/C30H45N5O7/c1-18(2)26(34-28(40)30(5,6)35-16-19(3)14-25(35)38)24(37)15-22(8-7-13-32-29(31)41)27(39)33-23-11-9-21(10-12-23)17-42-20(4)36/h9-12,18-19,22,26H,7-8,13-17H2,1-6H3,(H,33,39)(H,34,40)(H3,31,32,41)/t19?,22-,26+/m1/s1. The highest BCUT2D eigenvalue weighted by atomic mass is 16.5. The molecule has 0 aliphatic carbocycles. The molecule has 5 amide bonds. The lowest BCUT2D eigenvalue weighted by atomic mass is 9.88. The summed E-state index contributed by atoms with van der Waals surface area (Å²) in [6, 6.07) is 5.22. The van der Waals surface area contributed by atoms with E-state index < -0.39 is 35.4 Å². The summed E-state index contributed by atoms with van der Waals surface area (Å²) in [6.45, 7) is 11.0. The van der Waals surface area contributed by atoms with Gasteiger partial charge in [0.05, 0.1) is 6.04 Å². The Morgan fingerprint density at radius 2 is 1.76 bits per heavy atom. The summed E-state index contributed by atoms with van der Waals surface area (Å²) in [4.78, 5) is 76.4. The highest BCUT2D eigenvalue weighted by Crippen LogP contribution is 2.27. The molecule has 42 heavy (non-hydrogen) atoms. The lowest BCUT2D eigenvalue weighted by molar-refractivity contribution is -0.144. The molecule has 1 aliphatic rings. The van der Waals surface area contributed by atoms with Gasteiger partial charge in [0.25, 0.3) is 0 Å². The quantitative estimate of drug-likeness (QED) is 0.180. The Labute approximate surface area is 247 Å². The second-order valence-electron chi connectivity index (χ2n) is 11.8. The largest absolute Gasteiger partial charge is 0.461 e. The average molecular weight is 588 g/mol. The number of nitrogens with zero attached hydrogens (tertiary/aromatic N) is 1. The number of benzene rings is 1. The lowest BCUT2D eigenvalue weighted by Crippen LogP contribution is -2.59. The van der Waals surface area contributed by atoms with E-state index in [-0.39, 0.29) is 55.4 Å². The Morgan fingerprint density at radius 1 is 1.12 bits per heavy atom. The molecule has 232 valence electrons. The van der Waals surface area contributed by atoms with Crippen LogP contribution in [0.3, 0.4) is 0 Å². The van der Waals surface area contributed by atoms with Crippen molar-refractivity contribution in [2.24, 2.45) is 23.5 Å². The van der Waals surface area contributed by atoms with Crippen molar-refractivity contribution < 1.29 is 33.5 Å². The van der Waals surface area contributed by atoms with Gasteiger partial charge < -0.3 is 31.3 Å². The smallest absolute Gasteiger partial charge is 0.312 e. The molecule has 1 saturated heterocycles. The Hall–Kier alpha value is -3.96. The van der Waals surface area contributed by atoms with Crippen molar-refractivity contribution in [3.05, 3.63) is 29.8 Å². The van der Waals surface area contributed by atoms with Crippen LogP contribution in [0.2, 0.25) is 0 Å².